The number of rotatable bonds is 8. The van der Waals surface area contributed by atoms with Crippen LogP contribution in [0.3, 0.4) is 0 Å². The zero-order valence-electron chi connectivity index (χ0n) is 17.1. The number of aryl methyl sites for hydroxylation is 1. The molecule has 0 radical (unpaired) electrons. The van der Waals surface area contributed by atoms with Crippen LogP contribution in [0.5, 0.6) is 5.75 Å². The summed E-state index contributed by atoms with van der Waals surface area (Å²) in [5.74, 6) is -0.0433. The summed E-state index contributed by atoms with van der Waals surface area (Å²) in [6, 6.07) is 9.29. The molecule has 0 bridgehead atoms. The SMILES string of the molecule is COc1ccc(/C=N\NC(=O)c2ccc(C)c([N+](=O)[O-])c2)cc1Cn1cc([N+](=O)[O-])cn1. The minimum absolute atomic E-state index is 0.107. The second-order valence-electron chi connectivity index (χ2n) is 6.68. The molecular formula is C20H18N6O6. The van der Waals surface area contributed by atoms with Gasteiger partial charge in [0.05, 0.1) is 29.7 Å². The van der Waals surface area contributed by atoms with E-state index in [4.69, 9.17) is 4.74 Å². The molecule has 3 rings (SSSR count). The zero-order valence-corrected chi connectivity index (χ0v) is 17.1. The van der Waals surface area contributed by atoms with E-state index in [9.17, 15) is 25.0 Å². The lowest BCUT2D eigenvalue weighted by Crippen LogP contribution is -2.17. The topological polar surface area (TPSA) is 155 Å². The second-order valence-corrected chi connectivity index (χ2v) is 6.68. The first-order chi connectivity index (χ1) is 15.3. The Morgan fingerprint density at radius 3 is 2.66 bits per heavy atom. The highest BCUT2D eigenvalue weighted by Gasteiger charge is 2.15. The molecule has 0 saturated heterocycles. The number of hydrogen-bond donors (Lipinski definition) is 1. The van der Waals surface area contributed by atoms with E-state index >= 15 is 0 Å². The van der Waals surface area contributed by atoms with Crippen molar-refractivity contribution in [2.24, 2.45) is 5.10 Å². The Hall–Kier alpha value is -4.61. The lowest BCUT2D eigenvalue weighted by atomic mass is 10.1. The molecule has 2 aromatic carbocycles. The van der Waals surface area contributed by atoms with E-state index in [1.54, 1.807) is 25.1 Å². The first-order valence-corrected chi connectivity index (χ1v) is 9.20. The maximum Gasteiger partial charge on any atom is 0.307 e. The number of nitrogens with zero attached hydrogens (tertiary/aromatic N) is 5. The van der Waals surface area contributed by atoms with Crippen molar-refractivity contribution in [3.63, 3.8) is 0 Å². The number of carbonyl (C=O) groups excluding carboxylic acids is 1. The molecule has 0 aliphatic rings. The predicted molar refractivity (Wildman–Crippen MR) is 114 cm³/mol. The third-order valence-corrected chi connectivity index (χ3v) is 4.51. The number of nitro groups is 2. The number of nitro benzene ring substituents is 1. The predicted octanol–water partition coefficient (Wildman–Crippen LogP) is 2.83. The average Bonchev–Trinajstić information content (AvgIpc) is 3.23. The average molecular weight is 438 g/mol. The summed E-state index contributed by atoms with van der Waals surface area (Å²) in [6.07, 6.45) is 3.86. The maximum atomic E-state index is 12.3. The molecular weight excluding hydrogens is 420 g/mol. The van der Waals surface area contributed by atoms with Gasteiger partial charge in [-0.15, -0.1) is 0 Å². The largest absolute Gasteiger partial charge is 0.496 e. The summed E-state index contributed by atoms with van der Waals surface area (Å²) in [5, 5.41) is 29.7. The minimum Gasteiger partial charge on any atom is -0.496 e. The molecule has 0 spiro atoms. The van der Waals surface area contributed by atoms with Crippen molar-refractivity contribution in [3.8, 4) is 5.75 Å². The molecule has 0 fully saturated rings. The van der Waals surface area contributed by atoms with E-state index in [1.807, 2.05) is 0 Å². The van der Waals surface area contributed by atoms with Gasteiger partial charge in [0.1, 0.15) is 18.1 Å². The molecule has 0 aliphatic heterocycles. The number of benzene rings is 2. The van der Waals surface area contributed by atoms with Gasteiger partial charge in [-0.05, 0) is 36.8 Å². The van der Waals surface area contributed by atoms with Crippen LogP contribution in [0, 0.1) is 27.2 Å². The Morgan fingerprint density at radius 1 is 1.22 bits per heavy atom. The molecule has 3 aromatic rings. The van der Waals surface area contributed by atoms with Gasteiger partial charge in [0, 0.05) is 22.8 Å². The molecule has 12 nitrogen and oxygen atoms in total. The van der Waals surface area contributed by atoms with Crippen molar-refractivity contribution in [1.29, 1.82) is 0 Å². The van der Waals surface area contributed by atoms with E-state index in [2.05, 4.69) is 15.6 Å². The van der Waals surface area contributed by atoms with Crippen molar-refractivity contribution in [2.45, 2.75) is 13.5 Å². The molecule has 1 heterocycles. The smallest absolute Gasteiger partial charge is 0.307 e. The number of amides is 1. The van der Waals surface area contributed by atoms with Crippen molar-refractivity contribution < 1.29 is 19.4 Å². The minimum atomic E-state index is -0.595. The van der Waals surface area contributed by atoms with Gasteiger partial charge in [-0.3, -0.25) is 29.7 Å². The molecule has 12 heteroatoms. The zero-order chi connectivity index (χ0) is 23.3. The summed E-state index contributed by atoms with van der Waals surface area (Å²) >= 11 is 0. The fraction of sp³-hybridized carbons (Fsp3) is 0.150. The standard InChI is InChI=1S/C20H18N6O6/c1-13-3-5-15(8-18(13)26(30)31)20(27)23-21-9-14-4-6-19(32-2)16(7-14)11-24-12-17(10-22-24)25(28)29/h3-10,12H,11H2,1-2H3,(H,23,27)/b21-9-. The van der Waals surface area contributed by atoms with Crippen LogP contribution in [0.4, 0.5) is 11.4 Å². The van der Waals surface area contributed by atoms with Crippen molar-refractivity contribution in [2.75, 3.05) is 7.11 Å². The van der Waals surface area contributed by atoms with Crippen LogP contribution >= 0.6 is 0 Å². The van der Waals surface area contributed by atoms with Crippen molar-refractivity contribution in [1.82, 2.24) is 15.2 Å². The highest BCUT2D eigenvalue weighted by molar-refractivity contribution is 5.95. The molecule has 0 atom stereocenters. The number of nitrogens with one attached hydrogen (secondary N) is 1. The lowest BCUT2D eigenvalue weighted by Gasteiger charge is -2.09. The molecule has 1 amide bonds. The van der Waals surface area contributed by atoms with E-state index < -0.39 is 15.8 Å². The number of ether oxygens (including phenoxy) is 1. The summed E-state index contributed by atoms with van der Waals surface area (Å²) < 4.78 is 6.73. The monoisotopic (exact) mass is 438 g/mol. The first kappa shape index (κ1) is 22.1. The Morgan fingerprint density at radius 2 is 2.00 bits per heavy atom. The van der Waals surface area contributed by atoms with E-state index in [0.717, 1.165) is 6.20 Å². The van der Waals surface area contributed by atoms with Crippen LogP contribution in [-0.2, 0) is 6.54 Å². The van der Waals surface area contributed by atoms with Gasteiger partial charge in [0.25, 0.3) is 11.6 Å². The Bertz CT molecular complexity index is 1220. The van der Waals surface area contributed by atoms with Gasteiger partial charge in [-0.25, -0.2) is 5.43 Å². The fourth-order valence-electron chi connectivity index (χ4n) is 2.89. The quantitative estimate of drug-likeness (QED) is 0.322. The lowest BCUT2D eigenvalue weighted by molar-refractivity contribution is -0.385. The molecule has 32 heavy (non-hydrogen) atoms. The Labute approximate surface area is 181 Å². The fourth-order valence-corrected chi connectivity index (χ4v) is 2.89. The van der Waals surface area contributed by atoms with Gasteiger partial charge in [-0.1, -0.05) is 6.07 Å². The van der Waals surface area contributed by atoms with Crippen LogP contribution in [0.1, 0.15) is 27.0 Å². The number of aromatic nitrogens is 2. The van der Waals surface area contributed by atoms with Crippen LogP contribution in [0.25, 0.3) is 0 Å². The highest BCUT2D eigenvalue weighted by Crippen LogP contribution is 2.22. The maximum absolute atomic E-state index is 12.3. The number of carbonyl (C=O) groups is 1. The number of hydrogen-bond acceptors (Lipinski definition) is 8. The van der Waals surface area contributed by atoms with E-state index in [0.29, 0.717) is 22.4 Å². The first-order valence-electron chi connectivity index (χ1n) is 9.20. The van der Waals surface area contributed by atoms with Crippen LogP contribution in [-0.4, -0.2) is 38.9 Å². The van der Waals surface area contributed by atoms with Gasteiger partial charge >= 0.3 is 5.69 Å². The number of methoxy groups -OCH3 is 1. The van der Waals surface area contributed by atoms with Gasteiger partial charge in [0.15, 0.2) is 0 Å². The van der Waals surface area contributed by atoms with Crippen LogP contribution in [0.2, 0.25) is 0 Å². The summed E-state index contributed by atoms with van der Waals surface area (Å²) in [5.41, 5.74) is 3.92. The number of hydrazone groups is 1. The Kier molecular flexibility index (Phi) is 6.53. The third-order valence-electron chi connectivity index (χ3n) is 4.51. The van der Waals surface area contributed by atoms with Gasteiger partial charge < -0.3 is 4.74 Å². The van der Waals surface area contributed by atoms with E-state index in [-0.39, 0.29) is 23.5 Å². The third kappa shape index (κ3) is 5.11. The van der Waals surface area contributed by atoms with Crippen molar-refractivity contribution in [3.05, 3.63) is 91.3 Å². The normalized spacial score (nSPS) is 10.8. The Balaban J connectivity index is 1.73. The summed E-state index contributed by atoms with van der Waals surface area (Å²) in [6.45, 7) is 1.80. The molecule has 0 aliphatic carbocycles. The van der Waals surface area contributed by atoms with Crippen LogP contribution in [0.15, 0.2) is 53.9 Å². The summed E-state index contributed by atoms with van der Waals surface area (Å²) in [4.78, 5) is 33.0. The van der Waals surface area contributed by atoms with E-state index in [1.165, 1.54) is 42.4 Å². The van der Waals surface area contributed by atoms with Gasteiger partial charge in [0.2, 0.25) is 0 Å². The van der Waals surface area contributed by atoms with Gasteiger partial charge in [-0.2, -0.15) is 10.2 Å². The van der Waals surface area contributed by atoms with Crippen LogP contribution < -0.4 is 10.2 Å². The molecule has 0 saturated carbocycles. The van der Waals surface area contributed by atoms with Crippen molar-refractivity contribution >= 4 is 23.5 Å². The molecule has 164 valence electrons. The summed E-state index contributed by atoms with van der Waals surface area (Å²) in [7, 11) is 1.50. The molecule has 1 aromatic heterocycles. The molecule has 0 unspecified atom stereocenters. The molecule has 1 N–H and O–H groups in total. The second kappa shape index (κ2) is 9.47. The highest BCUT2D eigenvalue weighted by atomic mass is 16.6.